The summed E-state index contributed by atoms with van der Waals surface area (Å²) in [6, 6.07) is 10.7. The van der Waals surface area contributed by atoms with E-state index in [9.17, 15) is 4.79 Å². The molecule has 2 aromatic rings. The Labute approximate surface area is 117 Å². The molecule has 1 N–H and O–H groups in total. The summed E-state index contributed by atoms with van der Waals surface area (Å²) in [5.74, 6) is -0.347. The molecule has 0 bridgehead atoms. The second-order valence-electron chi connectivity index (χ2n) is 5.00. The van der Waals surface area contributed by atoms with Crippen molar-refractivity contribution in [1.82, 2.24) is 4.98 Å². The lowest BCUT2D eigenvalue weighted by Gasteiger charge is -2.12. The summed E-state index contributed by atoms with van der Waals surface area (Å²) in [4.78, 5) is 15.6. The smallest absolute Gasteiger partial charge is 0.335 e. The minimum absolute atomic E-state index is 0.211. The Balaban J connectivity index is 2.06. The fraction of sp³-hybridized carbons (Fsp3) is 0.250. The fourth-order valence-corrected chi connectivity index (χ4v) is 2.02. The summed E-state index contributed by atoms with van der Waals surface area (Å²) < 4.78 is 5.84. The maximum atomic E-state index is 11.1. The SMILES string of the molecule is Cc1cccc(-c2ccc(C(=O)O)cc2OC2CC2)n1. The molecule has 3 rings (SSSR count). The molecule has 1 aliphatic carbocycles. The quantitative estimate of drug-likeness (QED) is 0.925. The number of aromatic nitrogens is 1. The van der Waals surface area contributed by atoms with Crippen molar-refractivity contribution in [2.45, 2.75) is 25.9 Å². The van der Waals surface area contributed by atoms with Crippen LogP contribution in [0.25, 0.3) is 11.3 Å². The number of hydrogen-bond acceptors (Lipinski definition) is 3. The zero-order valence-electron chi connectivity index (χ0n) is 11.2. The first kappa shape index (κ1) is 12.7. The zero-order valence-corrected chi connectivity index (χ0v) is 11.2. The van der Waals surface area contributed by atoms with E-state index in [2.05, 4.69) is 4.98 Å². The Morgan fingerprint density at radius 2 is 2.10 bits per heavy atom. The van der Waals surface area contributed by atoms with Crippen molar-refractivity contribution in [3.8, 4) is 17.0 Å². The minimum Gasteiger partial charge on any atom is -0.490 e. The molecule has 4 nitrogen and oxygen atoms in total. The average molecular weight is 269 g/mol. The number of benzene rings is 1. The summed E-state index contributed by atoms with van der Waals surface area (Å²) >= 11 is 0. The van der Waals surface area contributed by atoms with E-state index in [0.29, 0.717) is 5.75 Å². The van der Waals surface area contributed by atoms with Crippen LogP contribution in [0.5, 0.6) is 5.75 Å². The standard InChI is InChI=1S/C16H15NO3/c1-10-3-2-4-14(17-10)13-8-5-11(16(18)19)9-15(13)20-12-6-7-12/h2-5,8-9,12H,6-7H2,1H3,(H,18,19). The van der Waals surface area contributed by atoms with Gasteiger partial charge >= 0.3 is 5.97 Å². The molecule has 102 valence electrons. The Hall–Kier alpha value is -2.36. The van der Waals surface area contributed by atoms with Gasteiger partial charge in [-0.1, -0.05) is 6.07 Å². The van der Waals surface area contributed by atoms with Gasteiger partial charge in [0.1, 0.15) is 5.75 Å². The first-order valence-electron chi connectivity index (χ1n) is 6.61. The van der Waals surface area contributed by atoms with Gasteiger partial charge in [0, 0.05) is 11.3 Å². The third-order valence-electron chi connectivity index (χ3n) is 3.21. The minimum atomic E-state index is -0.950. The van der Waals surface area contributed by atoms with Crippen LogP contribution in [0, 0.1) is 6.92 Å². The normalized spacial score (nSPS) is 14.1. The lowest BCUT2D eigenvalue weighted by atomic mass is 10.1. The molecule has 0 amide bonds. The largest absolute Gasteiger partial charge is 0.490 e. The number of ether oxygens (including phenoxy) is 1. The van der Waals surface area contributed by atoms with Crippen LogP contribution in [0.4, 0.5) is 0 Å². The number of rotatable bonds is 4. The van der Waals surface area contributed by atoms with E-state index in [1.54, 1.807) is 18.2 Å². The van der Waals surface area contributed by atoms with Gasteiger partial charge in [0.15, 0.2) is 0 Å². The molecule has 0 radical (unpaired) electrons. The van der Waals surface area contributed by atoms with Crippen molar-refractivity contribution in [2.75, 3.05) is 0 Å². The predicted molar refractivity (Wildman–Crippen MR) is 75.0 cm³/mol. The number of carbonyl (C=O) groups is 1. The molecule has 0 aliphatic heterocycles. The second-order valence-corrected chi connectivity index (χ2v) is 5.00. The van der Waals surface area contributed by atoms with Crippen LogP contribution >= 0.6 is 0 Å². The number of pyridine rings is 1. The molecule has 0 unspecified atom stereocenters. The summed E-state index contributed by atoms with van der Waals surface area (Å²) in [5, 5.41) is 9.09. The topological polar surface area (TPSA) is 59.4 Å². The highest BCUT2D eigenvalue weighted by Gasteiger charge is 2.25. The monoisotopic (exact) mass is 269 g/mol. The van der Waals surface area contributed by atoms with Gasteiger partial charge in [0.2, 0.25) is 0 Å². The lowest BCUT2D eigenvalue weighted by molar-refractivity contribution is 0.0696. The molecule has 1 heterocycles. The number of nitrogens with zero attached hydrogens (tertiary/aromatic N) is 1. The van der Waals surface area contributed by atoms with Gasteiger partial charge < -0.3 is 9.84 Å². The van der Waals surface area contributed by atoms with Crippen LogP contribution in [-0.2, 0) is 0 Å². The van der Waals surface area contributed by atoms with Gasteiger partial charge in [-0.2, -0.15) is 0 Å². The molecule has 1 aromatic heterocycles. The van der Waals surface area contributed by atoms with E-state index < -0.39 is 5.97 Å². The average Bonchev–Trinajstić information content (AvgIpc) is 3.22. The Morgan fingerprint density at radius 3 is 2.75 bits per heavy atom. The molecule has 1 saturated carbocycles. The Morgan fingerprint density at radius 1 is 1.30 bits per heavy atom. The van der Waals surface area contributed by atoms with Crippen molar-refractivity contribution >= 4 is 5.97 Å². The maximum Gasteiger partial charge on any atom is 0.335 e. The van der Waals surface area contributed by atoms with Crippen LogP contribution in [0.3, 0.4) is 0 Å². The summed E-state index contributed by atoms with van der Waals surface area (Å²) in [5.41, 5.74) is 2.79. The molecule has 4 heteroatoms. The van der Waals surface area contributed by atoms with E-state index in [4.69, 9.17) is 9.84 Å². The summed E-state index contributed by atoms with van der Waals surface area (Å²) in [6.07, 6.45) is 2.26. The zero-order chi connectivity index (χ0) is 14.1. The molecule has 1 aromatic carbocycles. The third kappa shape index (κ3) is 2.64. The van der Waals surface area contributed by atoms with Crippen LogP contribution in [-0.4, -0.2) is 22.2 Å². The second kappa shape index (κ2) is 4.96. The Bertz CT molecular complexity index is 663. The number of aromatic carboxylic acids is 1. The highest BCUT2D eigenvalue weighted by atomic mass is 16.5. The van der Waals surface area contributed by atoms with Crippen molar-refractivity contribution in [3.05, 3.63) is 47.7 Å². The maximum absolute atomic E-state index is 11.1. The first-order valence-corrected chi connectivity index (χ1v) is 6.61. The lowest BCUT2D eigenvalue weighted by Crippen LogP contribution is -2.02. The highest BCUT2D eigenvalue weighted by Crippen LogP contribution is 2.35. The Kier molecular flexibility index (Phi) is 3.14. The van der Waals surface area contributed by atoms with Gasteiger partial charge in [0.05, 0.1) is 17.4 Å². The van der Waals surface area contributed by atoms with Gasteiger partial charge in [0.25, 0.3) is 0 Å². The van der Waals surface area contributed by atoms with Crippen molar-refractivity contribution in [3.63, 3.8) is 0 Å². The van der Waals surface area contributed by atoms with Gasteiger partial charge in [-0.15, -0.1) is 0 Å². The molecule has 0 spiro atoms. The van der Waals surface area contributed by atoms with Gasteiger partial charge in [-0.05, 0) is 50.1 Å². The van der Waals surface area contributed by atoms with Crippen LogP contribution in [0.2, 0.25) is 0 Å². The summed E-state index contributed by atoms with van der Waals surface area (Å²) in [7, 11) is 0. The summed E-state index contributed by atoms with van der Waals surface area (Å²) in [6.45, 7) is 1.93. The van der Waals surface area contributed by atoms with E-state index in [1.807, 2.05) is 25.1 Å². The van der Waals surface area contributed by atoms with E-state index in [1.165, 1.54) is 0 Å². The molecule has 0 saturated heterocycles. The molecule has 1 aliphatic rings. The number of aryl methyl sites for hydroxylation is 1. The van der Waals surface area contributed by atoms with Crippen LogP contribution in [0.15, 0.2) is 36.4 Å². The molecule has 0 atom stereocenters. The fourth-order valence-electron chi connectivity index (χ4n) is 2.02. The predicted octanol–water partition coefficient (Wildman–Crippen LogP) is 3.30. The van der Waals surface area contributed by atoms with E-state index >= 15 is 0 Å². The van der Waals surface area contributed by atoms with Crippen molar-refractivity contribution < 1.29 is 14.6 Å². The van der Waals surface area contributed by atoms with Gasteiger partial charge in [-0.25, -0.2) is 4.79 Å². The van der Waals surface area contributed by atoms with Crippen LogP contribution in [0.1, 0.15) is 28.9 Å². The molecular formula is C16H15NO3. The molecule has 1 fully saturated rings. The third-order valence-corrected chi connectivity index (χ3v) is 3.21. The van der Waals surface area contributed by atoms with Crippen molar-refractivity contribution in [1.29, 1.82) is 0 Å². The molecular weight excluding hydrogens is 254 g/mol. The van der Waals surface area contributed by atoms with Crippen LogP contribution < -0.4 is 4.74 Å². The van der Waals surface area contributed by atoms with E-state index in [0.717, 1.165) is 29.8 Å². The first-order chi connectivity index (χ1) is 9.63. The van der Waals surface area contributed by atoms with Gasteiger partial charge in [-0.3, -0.25) is 4.98 Å². The highest BCUT2D eigenvalue weighted by molar-refractivity contribution is 5.89. The molecule has 20 heavy (non-hydrogen) atoms. The van der Waals surface area contributed by atoms with Crippen molar-refractivity contribution in [2.24, 2.45) is 0 Å². The van der Waals surface area contributed by atoms with E-state index in [-0.39, 0.29) is 11.7 Å². The number of carboxylic acids is 1. The number of hydrogen-bond donors (Lipinski definition) is 1. The number of carboxylic acid groups (broad SMARTS) is 1.